The lowest BCUT2D eigenvalue weighted by Crippen LogP contribution is -2.34. The number of amides is 2. The molecule has 4 rings (SSSR count). The van der Waals surface area contributed by atoms with E-state index in [1.807, 2.05) is 4.72 Å². The summed E-state index contributed by atoms with van der Waals surface area (Å²) in [5.74, 6) is -1.04. The smallest absolute Gasteiger partial charge is 0.333 e. The van der Waals surface area contributed by atoms with Crippen molar-refractivity contribution in [2.75, 3.05) is 17.7 Å². The van der Waals surface area contributed by atoms with Crippen molar-refractivity contribution in [3.05, 3.63) is 75.4 Å². The zero-order valence-corrected chi connectivity index (χ0v) is 18.8. The lowest BCUT2D eigenvalue weighted by molar-refractivity contribution is 0.105. The molecule has 0 saturated carbocycles. The summed E-state index contributed by atoms with van der Waals surface area (Å²) in [6, 6.07) is 10.6. The Hall–Kier alpha value is -3.21. The van der Waals surface area contributed by atoms with E-state index in [0.717, 1.165) is 23.1 Å². The van der Waals surface area contributed by atoms with Gasteiger partial charge in [0.25, 0.3) is 10.0 Å². The van der Waals surface area contributed by atoms with E-state index in [4.69, 9.17) is 11.6 Å². The molecule has 0 bridgehead atoms. The van der Waals surface area contributed by atoms with Gasteiger partial charge in [0.1, 0.15) is 10.0 Å². The molecule has 11 heteroatoms. The molecule has 0 spiro atoms. The molecule has 2 aromatic carbocycles. The van der Waals surface area contributed by atoms with Gasteiger partial charge in [-0.15, -0.1) is 11.3 Å². The number of rotatable bonds is 5. The lowest BCUT2D eigenvalue weighted by Gasteiger charge is -2.09. The molecule has 1 aliphatic rings. The van der Waals surface area contributed by atoms with E-state index in [2.05, 4.69) is 10.6 Å². The third-order valence-corrected chi connectivity index (χ3v) is 7.74. The summed E-state index contributed by atoms with van der Waals surface area (Å²) in [6.45, 7) is 0. The Balaban J connectivity index is 1.51. The topological polar surface area (TPSA) is 104 Å². The summed E-state index contributed by atoms with van der Waals surface area (Å²) in [5.41, 5.74) is 2.25. The first-order chi connectivity index (χ1) is 15.2. The molecule has 32 heavy (non-hydrogen) atoms. The minimum absolute atomic E-state index is 0.0178. The highest BCUT2D eigenvalue weighted by molar-refractivity contribution is 7.92. The first-order valence-electron chi connectivity index (χ1n) is 9.15. The number of thiophene rings is 1. The predicted molar refractivity (Wildman–Crippen MR) is 123 cm³/mol. The fraction of sp³-hybridized carbons (Fsp3) is 0.0476. The molecule has 0 atom stereocenters. The third kappa shape index (κ3) is 4.24. The van der Waals surface area contributed by atoms with Crippen molar-refractivity contribution in [3.8, 4) is 0 Å². The second-order valence-electron chi connectivity index (χ2n) is 6.75. The molecule has 0 radical (unpaired) electrons. The van der Waals surface area contributed by atoms with Crippen molar-refractivity contribution < 1.29 is 22.4 Å². The van der Waals surface area contributed by atoms with E-state index in [-0.39, 0.29) is 31.2 Å². The van der Waals surface area contributed by atoms with Crippen LogP contribution in [0.25, 0.3) is 11.6 Å². The number of carbonyl (C=O) groups is 2. The average molecular weight is 492 g/mol. The highest BCUT2D eigenvalue weighted by Gasteiger charge is 2.26. The Morgan fingerprint density at radius 1 is 1.03 bits per heavy atom. The number of fused-ring (bicyclic) bond motifs is 1. The van der Waals surface area contributed by atoms with Crippen molar-refractivity contribution in [1.82, 2.24) is 4.72 Å². The van der Waals surface area contributed by atoms with Crippen molar-refractivity contribution in [2.45, 2.75) is 4.21 Å². The van der Waals surface area contributed by atoms with Gasteiger partial charge >= 0.3 is 6.03 Å². The summed E-state index contributed by atoms with van der Waals surface area (Å²) < 4.78 is 41.1. The zero-order valence-electron chi connectivity index (χ0n) is 16.4. The van der Waals surface area contributed by atoms with Crippen LogP contribution in [0, 0.1) is 5.82 Å². The number of Topliss-reactive ketones (excluding diaryl/α,β-unsaturated/α-hetero) is 1. The fourth-order valence-electron chi connectivity index (χ4n) is 3.19. The molecule has 1 heterocycles. The summed E-state index contributed by atoms with van der Waals surface area (Å²) in [6.07, 6.45) is 1.61. The van der Waals surface area contributed by atoms with Gasteiger partial charge in [-0.25, -0.2) is 22.3 Å². The first kappa shape index (κ1) is 22.0. The molecule has 1 aromatic heterocycles. The van der Waals surface area contributed by atoms with Gasteiger partial charge < -0.3 is 10.6 Å². The number of hydrogen-bond acceptors (Lipinski definition) is 6. The van der Waals surface area contributed by atoms with Crippen molar-refractivity contribution >= 4 is 67.8 Å². The number of carbonyl (C=O) groups excluding carboxylic acids is 2. The molecule has 0 saturated heterocycles. The van der Waals surface area contributed by atoms with Gasteiger partial charge in [-0.05, 0) is 60.2 Å². The monoisotopic (exact) mass is 491 g/mol. The molecular formula is C21H15ClFN3O4S2. The summed E-state index contributed by atoms with van der Waals surface area (Å²) in [7, 11) is -2.36. The van der Waals surface area contributed by atoms with Crippen LogP contribution in [-0.2, 0) is 10.0 Å². The van der Waals surface area contributed by atoms with Crippen LogP contribution in [-0.4, -0.2) is 27.3 Å². The van der Waals surface area contributed by atoms with Crippen LogP contribution >= 0.6 is 22.9 Å². The second kappa shape index (κ2) is 8.38. The maximum absolute atomic E-state index is 14.8. The van der Waals surface area contributed by atoms with Crippen LogP contribution in [0.4, 0.5) is 20.6 Å². The zero-order chi connectivity index (χ0) is 23.0. The number of sulfonamides is 1. The average Bonchev–Trinajstić information content (AvgIpc) is 3.31. The van der Waals surface area contributed by atoms with Crippen LogP contribution in [0.15, 0.2) is 52.7 Å². The molecule has 7 nitrogen and oxygen atoms in total. The molecule has 0 aliphatic heterocycles. The van der Waals surface area contributed by atoms with Gasteiger partial charge in [-0.1, -0.05) is 11.6 Å². The number of hydrogen-bond donors (Lipinski definition) is 3. The molecule has 2 amide bonds. The van der Waals surface area contributed by atoms with E-state index < -0.39 is 21.9 Å². The highest BCUT2D eigenvalue weighted by Crippen LogP contribution is 2.35. The number of benzene rings is 2. The molecule has 3 aromatic rings. The number of anilines is 2. The first-order valence-corrected chi connectivity index (χ1v) is 11.8. The van der Waals surface area contributed by atoms with Crippen molar-refractivity contribution in [3.63, 3.8) is 0 Å². The quantitative estimate of drug-likeness (QED) is 0.474. The van der Waals surface area contributed by atoms with Crippen LogP contribution < -0.4 is 15.4 Å². The Bertz CT molecular complexity index is 1400. The van der Waals surface area contributed by atoms with E-state index in [9.17, 15) is 22.4 Å². The minimum Gasteiger partial charge on any atom is -0.388 e. The maximum atomic E-state index is 14.8. The van der Waals surface area contributed by atoms with E-state index in [0.29, 0.717) is 11.1 Å². The summed E-state index contributed by atoms with van der Waals surface area (Å²) in [5, 5.41) is 5.25. The van der Waals surface area contributed by atoms with E-state index in [1.165, 1.54) is 24.3 Å². The number of allylic oxidation sites excluding steroid dienone is 1. The van der Waals surface area contributed by atoms with E-state index >= 15 is 0 Å². The Morgan fingerprint density at radius 2 is 1.75 bits per heavy atom. The third-order valence-electron chi connectivity index (χ3n) is 4.69. The Labute approximate surface area is 192 Å². The van der Waals surface area contributed by atoms with Gasteiger partial charge in [0.2, 0.25) is 0 Å². The second-order valence-corrected chi connectivity index (χ2v) is 10.4. The van der Waals surface area contributed by atoms with Crippen molar-refractivity contribution in [1.29, 1.82) is 0 Å². The maximum Gasteiger partial charge on any atom is 0.333 e. The molecule has 0 fully saturated rings. The molecule has 164 valence electrons. The molecular weight excluding hydrogens is 477 g/mol. The van der Waals surface area contributed by atoms with Crippen LogP contribution in [0.5, 0.6) is 0 Å². The minimum atomic E-state index is -4.11. The highest BCUT2D eigenvalue weighted by atomic mass is 35.5. The number of nitrogens with one attached hydrogen (secondary N) is 3. The van der Waals surface area contributed by atoms with Gasteiger partial charge in [0.05, 0.1) is 4.34 Å². The van der Waals surface area contributed by atoms with E-state index in [1.54, 1.807) is 31.3 Å². The van der Waals surface area contributed by atoms with Crippen molar-refractivity contribution in [2.24, 2.45) is 0 Å². The summed E-state index contributed by atoms with van der Waals surface area (Å²) in [4.78, 5) is 24.8. The molecule has 3 N–H and O–H groups in total. The predicted octanol–water partition coefficient (Wildman–Crippen LogP) is 4.83. The fourth-order valence-corrected chi connectivity index (χ4v) is 5.58. The SMILES string of the molecule is CNc1ccc2c(c1)C=C(c1ccc(NC(=O)NS(=O)(=O)c3ccc(Cl)s3)cc1F)C2=O. The number of ketones is 1. The van der Waals surface area contributed by atoms with Gasteiger partial charge in [0.15, 0.2) is 5.78 Å². The van der Waals surface area contributed by atoms with Crippen LogP contribution in [0.3, 0.4) is 0 Å². The van der Waals surface area contributed by atoms with Crippen LogP contribution in [0.2, 0.25) is 4.34 Å². The number of halogens is 2. The standard InChI is InChI=1S/C21H15ClFN3O4S2/c1-24-12-2-4-14-11(8-12)9-16(20(14)27)15-5-3-13(10-17(15)23)25-21(28)26-32(29,30)19-7-6-18(22)31-19/h2-10,24H,1H3,(H2,25,26,28). The molecule has 0 unspecified atom stereocenters. The Kier molecular flexibility index (Phi) is 5.76. The van der Waals surface area contributed by atoms with Crippen LogP contribution in [0.1, 0.15) is 21.5 Å². The Morgan fingerprint density at radius 3 is 2.41 bits per heavy atom. The largest absolute Gasteiger partial charge is 0.388 e. The lowest BCUT2D eigenvalue weighted by atomic mass is 10.0. The number of urea groups is 1. The van der Waals surface area contributed by atoms with Gasteiger partial charge in [-0.2, -0.15) is 0 Å². The summed E-state index contributed by atoms with van der Waals surface area (Å²) >= 11 is 6.52. The van der Waals surface area contributed by atoms with Gasteiger partial charge in [0, 0.05) is 35.1 Å². The normalized spacial score (nSPS) is 12.8. The molecule has 1 aliphatic carbocycles. The van der Waals surface area contributed by atoms with Gasteiger partial charge in [-0.3, -0.25) is 4.79 Å².